The SMILES string of the molecule is CC(C)(C)OC(=O)n1nc(N2CCOCC2)c2ccccc21. The molecule has 0 amide bonds. The van der Waals surface area contributed by atoms with Crippen LogP contribution in [0.2, 0.25) is 0 Å². The van der Waals surface area contributed by atoms with Crippen LogP contribution in [0.5, 0.6) is 0 Å². The lowest BCUT2D eigenvalue weighted by Crippen LogP contribution is -2.36. The van der Waals surface area contributed by atoms with Crippen molar-refractivity contribution >= 4 is 22.8 Å². The molecule has 6 heteroatoms. The number of aromatic nitrogens is 2. The number of morpholine rings is 1. The van der Waals surface area contributed by atoms with Crippen LogP contribution in [-0.4, -0.2) is 47.8 Å². The van der Waals surface area contributed by atoms with E-state index in [1.165, 1.54) is 4.68 Å². The zero-order chi connectivity index (χ0) is 15.7. The van der Waals surface area contributed by atoms with Crippen LogP contribution in [0.4, 0.5) is 10.6 Å². The Morgan fingerprint density at radius 3 is 2.59 bits per heavy atom. The highest BCUT2D eigenvalue weighted by Gasteiger charge is 2.24. The number of hydrogen-bond acceptors (Lipinski definition) is 5. The number of nitrogens with zero attached hydrogens (tertiary/aromatic N) is 3. The average Bonchev–Trinajstić information content (AvgIpc) is 2.86. The molecule has 0 N–H and O–H groups in total. The van der Waals surface area contributed by atoms with Gasteiger partial charge in [0.15, 0.2) is 5.82 Å². The molecule has 2 heterocycles. The standard InChI is InChI=1S/C16H21N3O3/c1-16(2,3)22-15(20)19-13-7-5-4-6-12(13)14(17-19)18-8-10-21-11-9-18/h4-7H,8-11H2,1-3H3. The van der Waals surface area contributed by atoms with Crippen LogP contribution in [-0.2, 0) is 9.47 Å². The third-order valence-electron chi connectivity index (χ3n) is 3.44. The van der Waals surface area contributed by atoms with Crippen molar-refractivity contribution in [2.24, 2.45) is 0 Å². The Kier molecular flexibility index (Phi) is 3.78. The molecule has 0 saturated carbocycles. The largest absolute Gasteiger partial charge is 0.442 e. The zero-order valence-corrected chi connectivity index (χ0v) is 13.2. The van der Waals surface area contributed by atoms with E-state index in [1.807, 2.05) is 45.0 Å². The molecule has 1 aliphatic heterocycles. The van der Waals surface area contributed by atoms with Crippen molar-refractivity contribution in [1.82, 2.24) is 9.78 Å². The molecule has 0 aliphatic carbocycles. The van der Waals surface area contributed by atoms with Gasteiger partial charge in [0.05, 0.1) is 18.7 Å². The number of fused-ring (bicyclic) bond motifs is 1. The minimum Gasteiger partial charge on any atom is -0.442 e. The average molecular weight is 303 g/mol. The summed E-state index contributed by atoms with van der Waals surface area (Å²) in [5, 5.41) is 5.46. The molecular formula is C16H21N3O3. The molecule has 0 spiro atoms. The van der Waals surface area contributed by atoms with Crippen molar-refractivity contribution < 1.29 is 14.3 Å². The monoisotopic (exact) mass is 303 g/mol. The maximum atomic E-state index is 12.4. The van der Waals surface area contributed by atoms with Gasteiger partial charge in [-0.15, -0.1) is 5.10 Å². The van der Waals surface area contributed by atoms with E-state index >= 15 is 0 Å². The van der Waals surface area contributed by atoms with E-state index in [4.69, 9.17) is 9.47 Å². The first kappa shape index (κ1) is 14.8. The first-order chi connectivity index (χ1) is 10.5. The summed E-state index contributed by atoms with van der Waals surface area (Å²) in [6.45, 7) is 8.43. The van der Waals surface area contributed by atoms with Crippen LogP contribution in [0.3, 0.4) is 0 Å². The number of ether oxygens (including phenoxy) is 2. The molecule has 22 heavy (non-hydrogen) atoms. The second-order valence-corrected chi connectivity index (χ2v) is 6.33. The fourth-order valence-corrected chi connectivity index (χ4v) is 2.50. The summed E-state index contributed by atoms with van der Waals surface area (Å²) in [5.41, 5.74) is 0.210. The lowest BCUT2D eigenvalue weighted by atomic mass is 10.2. The van der Waals surface area contributed by atoms with Gasteiger partial charge in [0.2, 0.25) is 0 Å². The molecule has 3 rings (SSSR count). The molecule has 1 aliphatic rings. The first-order valence-electron chi connectivity index (χ1n) is 7.49. The minimum atomic E-state index is -0.552. The second-order valence-electron chi connectivity index (χ2n) is 6.33. The Labute approximate surface area is 129 Å². The Bertz CT molecular complexity index is 681. The fourth-order valence-electron chi connectivity index (χ4n) is 2.50. The van der Waals surface area contributed by atoms with Crippen LogP contribution in [0.1, 0.15) is 20.8 Å². The molecule has 0 bridgehead atoms. The van der Waals surface area contributed by atoms with E-state index in [9.17, 15) is 4.79 Å². The number of carbonyl (C=O) groups excluding carboxylic acids is 1. The molecule has 1 fully saturated rings. The lowest BCUT2D eigenvalue weighted by molar-refractivity contribution is 0.0523. The Morgan fingerprint density at radius 1 is 1.23 bits per heavy atom. The number of anilines is 1. The molecule has 0 atom stereocenters. The van der Waals surface area contributed by atoms with Gasteiger partial charge in [-0.25, -0.2) is 4.79 Å². The van der Waals surface area contributed by atoms with Crippen molar-refractivity contribution in [3.05, 3.63) is 24.3 Å². The molecule has 2 aromatic rings. The van der Waals surface area contributed by atoms with Crippen molar-refractivity contribution in [2.45, 2.75) is 26.4 Å². The van der Waals surface area contributed by atoms with Gasteiger partial charge in [-0.3, -0.25) is 0 Å². The Morgan fingerprint density at radius 2 is 1.91 bits per heavy atom. The molecule has 6 nitrogen and oxygen atoms in total. The highest BCUT2D eigenvalue weighted by Crippen LogP contribution is 2.27. The predicted molar refractivity (Wildman–Crippen MR) is 84.4 cm³/mol. The maximum Gasteiger partial charge on any atom is 0.435 e. The van der Waals surface area contributed by atoms with Gasteiger partial charge in [-0.05, 0) is 32.9 Å². The highest BCUT2D eigenvalue weighted by atomic mass is 16.6. The van der Waals surface area contributed by atoms with Crippen LogP contribution in [0, 0.1) is 0 Å². The molecule has 1 aromatic carbocycles. The smallest absolute Gasteiger partial charge is 0.435 e. The third kappa shape index (κ3) is 2.92. The molecule has 1 saturated heterocycles. The summed E-state index contributed by atoms with van der Waals surface area (Å²) in [4.78, 5) is 14.6. The van der Waals surface area contributed by atoms with Crippen molar-refractivity contribution in [1.29, 1.82) is 0 Å². The highest BCUT2D eigenvalue weighted by molar-refractivity contribution is 5.95. The first-order valence-corrected chi connectivity index (χ1v) is 7.49. The second kappa shape index (κ2) is 5.61. The van der Waals surface area contributed by atoms with Gasteiger partial charge in [-0.2, -0.15) is 4.68 Å². The summed E-state index contributed by atoms with van der Waals surface area (Å²) in [6, 6.07) is 7.71. The number of benzene rings is 1. The summed E-state index contributed by atoms with van der Waals surface area (Å²) in [6.07, 6.45) is -0.455. The fraction of sp³-hybridized carbons (Fsp3) is 0.500. The van der Waals surface area contributed by atoms with E-state index in [2.05, 4.69) is 10.00 Å². The van der Waals surface area contributed by atoms with Crippen LogP contribution in [0.15, 0.2) is 24.3 Å². The number of para-hydroxylation sites is 1. The molecule has 118 valence electrons. The maximum absolute atomic E-state index is 12.4. The van der Waals surface area contributed by atoms with E-state index in [1.54, 1.807) is 0 Å². The van der Waals surface area contributed by atoms with E-state index in [-0.39, 0.29) is 0 Å². The lowest BCUT2D eigenvalue weighted by Gasteiger charge is -2.26. The van der Waals surface area contributed by atoms with Gasteiger partial charge in [0.25, 0.3) is 0 Å². The topological polar surface area (TPSA) is 56.6 Å². The summed E-state index contributed by atoms with van der Waals surface area (Å²) in [7, 11) is 0. The van der Waals surface area contributed by atoms with E-state index in [0.29, 0.717) is 13.2 Å². The van der Waals surface area contributed by atoms with Gasteiger partial charge in [0.1, 0.15) is 5.60 Å². The Balaban J connectivity index is 2.02. The summed E-state index contributed by atoms with van der Waals surface area (Å²) < 4.78 is 12.2. The zero-order valence-electron chi connectivity index (χ0n) is 13.2. The quantitative estimate of drug-likeness (QED) is 0.810. The van der Waals surface area contributed by atoms with Gasteiger partial charge in [-0.1, -0.05) is 12.1 Å². The number of hydrogen-bond donors (Lipinski definition) is 0. The third-order valence-corrected chi connectivity index (χ3v) is 3.44. The molecule has 0 radical (unpaired) electrons. The van der Waals surface area contributed by atoms with E-state index in [0.717, 1.165) is 29.8 Å². The van der Waals surface area contributed by atoms with Crippen molar-refractivity contribution in [3.8, 4) is 0 Å². The van der Waals surface area contributed by atoms with Crippen LogP contribution >= 0.6 is 0 Å². The molecule has 1 aromatic heterocycles. The minimum absolute atomic E-state index is 0.455. The van der Waals surface area contributed by atoms with Crippen molar-refractivity contribution in [3.63, 3.8) is 0 Å². The van der Waals surface area contributed by atoms with Gasteiger partial charge < -0.3 is 14.4 Å². The summed E-state index contributed by atoms with van der Waals surface area (Å²) in [5.74, 6) is 0.810. The molecular weight excluding hydrogens is 282 g/mol. The Hall–Kier alpha value is -2.08. The van der Waals surface area contributed by atoms with Crippen LogP contribution < -0.4 is 4.90 Å². The van der Waals surface area contributed by atoms with Crippen LogP contribution in [0.25, 0.3) is 10.9 Å². The molecule has 0 unspecified atom stereocenters. The van der Waals surface area contributed by atoms with Gasteiger partial charge >= 0.3 is 6.09 Å². The predicted octanol–water partition coefficient (Wildman–Crippen LogP) is 2.66. The van der Waals surface area contributed by atoms with Gasteiger partial charge in [0, 0.05) is 18.5 Å². The van der Waals surface area contributed by atoms with E-state index < -0.39 is 11.7 Å². The normalized spacial score (nSPS) is 16.0. The number of rotatable bonds is 1. The van der Waals surface area contributed by atoms with Crippen molar-refractivity contribution in [2.75, 3.05) is 31.2 Å². The summed E-state index contributed by atoms with van der Waals surface area (Å²) >= 11 is 0. The number of carbonyl (C=O) groups is 1.